The van der Waals surface area contributed by atoms with Crippen molar-refractivity contribution in [3.8, 4) is 11.3 Å². The summed E-state index contributed by atoms with van der Waals surface area (Å²) in [7, 11) is 1.96. The van der Waals surface area contributed by atoms with Crippen molar-refractivity contribution in [2.75, 3.05) is 29.9 Å². The molecule has 3 aromatic rings. The quantitative estimate of drug-likeness (QED) is 0.699. The maximum absolute atomic E-state index is 12.8. The number of likely N-dealkylation sites (N-methyl/N-ethyl adjacent to an activating group) is 1. The van der Waals surface area contributed by atoms with Crippen LogP contribution in [0, 0.1) is 6.92 Å². The Morgan fingerprint density at radius 1 is 1.23 bits per heavy atom. The number of nitrogens with zero attached hydrogens (tertiary/aromatic N) is 3. The van der Waals surface area contributed by atoms with Crippen LogP contribution in [0.4, 0.5) is 11.4 Å². The maximum atomic E-state index is 12.8. The minimum absolute atomic E-state index is 0.132. The molecule has 1 aliphatic rings. The molecule has 0 unspecified atom stereocenters. The van der Waals surface area contributed by atoms with Crippen LogP contribution in [0.25, 0.3) is 11.3 Å². The van der Waals surface area contributed by atoms with Gasteiger partial charge in [-0.05, 0) is 43.2 Å². The first-order valence-corrected chi connectivity index (χ1v) is 9.62. The summed E-state index contributed by atoms with van der Waals surface area (Å²) in [5, 5.41) is 3.16. The Bertz CT molecular complexity index is 935. The van der Waals surface area contributed by atoms with Gasteiger partial charge in [-0.15, -0.1) is 11.3 Å². The molecule has 0 bridgehead atoms. The van der Waals surface area contributed by atoms with Crippen molar-refractivity contribution < 1.29 is 4.79 Å². The molecule has 0 N–H and O–H groups in total. The highest BCUT2D eigenvalue weighted by Crippen LogP contribution is 2.33. The van der Waals surface area contributed by atoms with Gasteiger partial charge in [0.05, 0.1) is 17.2 Å². The van der Waals surface area contributed by atoms with Crippen molar-refractivity contribution in [2.24, 2.45) is 0 Å². The van der Waals surface area contributed by atoms with Gasteiger partial charge in [-0.1, -0.05) is 24.3 Å². The number of hydrogen-bond acceptors (Lipinski definition) is 4. The van der Waals surface area contributed by atoms with Crippen molar-refractivity contribution in [1.82, 2.24) is 4.98 Å². The molecule has 2 aromatic carbocycles. The molecule has 1 amide bonds. The van der Waals surface area contributed by atoms with Gasteiger partial charge >= 0.3 is 0 Å². The number of aryl methyl sites for hydroxylation is 1. The predicted molar refractivity (Wildman–Crippen MR) is 108 cm³/mol. The summed E-state index contributed by atoms with van der Waals surface area (Å²) in [4.78, 5) is 21.3. The number of anilines is 2. The lowest BCUT2D eigenvalue weighted by Gasteiger charge is -2.23. The van der Waals surface area contributed by atoms with E-state index in [4.69, 9.17) is 0 Å². The number of aromatic nitrogens is 1. The third-order valence-corrected chi connectivity index (χ3v) is 5.53. The summed E-state index contributed by atoms with van der Waals surface area (Å²) in [6.45, 7) is 3.14. The molecule has 0 spiro atoms. The summed E-state index contributed by atoms with van der Waals surface area (Å²) >= 11 is 1.66. The standard InChI is InChI=1S/C21H21N3OS/c1-15-22-19(14-26-15)16-8-9-20-17(12-16)10-11-24(20)21(25)13-23(2)18-6-4-3-5-7-18/h3-9,12,14H,10-11,13H2,1-2H3. The molecular weight excluding hydrogens is 342 g/mol. The zero-order valence-corrected chi connectivity index (χ0v) is 15.8. The average Bonchev–Trinajstić information content (AvgIpc) is 3.28. The fourth-order valence-corrected chi connectivity index (χ4v) is 4.00. The largest absolute Gasteiger partial charge is 0.365 e. The SMILES string of the molecule is Cc1nc(-c2ccc3c(c2)CCN3C(=O)CN(C)c2ccccc2)cs1. The molecule has 1 aliphatic heterocycles. The number of thiazole rings is 1. The van der Waals surface area contributed by atoms with Crippen LogP contribution in [0.2, 0.25) is 0 Å². The van der Waals surface area contributed by atoms with Gasteiger partial charge in [-0.25, -0.2) is 4.98 Å². The first-order chi connectivity index (χ1) is 12.6. The number of amides is 1. The van der Waals surface area contributed by atoms with Crippen LogP contribution >= 0.6 is 11.3 Å². The van der Waals surface area contributed by atoms with Gasteiger partial charge in [0.25, 0.3) is 0 Å². The molecule has 0 saturated heterocycles. The third kappa shape index (κ3) is 3.22. The predicted octanol–water partition coefficient (Wildman–Crippen LogP) is 4.14. The third-order valence-electron chi connectivity index (χ3n) is 4.76. The van der Waals surface area contributed by atoms with Gasteiger partial charge in [-0.2, -0.15) is 0 Å². The van der Waals surface area contributed by atoms with Crippen LogP contribution in [0.15, 0.2) is 53.9 Å². The molecule has 0 atom stereocenters. The molecule has 4 rings (SSSR count). The number of rotatable bonds is 4. The first-order valence-electron chi connectivity index (χ1n) is 8.74. The monoisotopic (exact) mass is 363 g/mol. The van der Waals surface area contributed by atoms with E-state index in [0.29, 0.717) is 6.54 Å². The van der Waals surface area contributed by atoms with Crippen molar-refractivity contribution in [3.63, 3.8) is 0 Å². The minimum Gasteiger partial charge on any atom is -0.365 e. The maximum Gasteiger partial charge on any atom is 0.246 e. The normalized spacial score (nSPS) is 12.9. The van der Waals surface area contributed by atoms with E-state index in [-0.39, 0.29) is 5.91 Å². The van der Waals surface area contributed by atoms with E-state index in [1.807, 2.05) is 54.1 Å². The molecule has 0 aliphatic carbocycles. The molecule has 1 aromatic heterocycles. The van der Waals surface area contributed by atoms with E-state index >= 15 is 0 Å². The highest BCUT2D eigenvalue weighted by atomic mass is 32.1. The molecule has 4 nitrogen and oxygen atoms in total. The molecule has 0 radical (unpaired) electrons. The van der Waals surface area contributed by atoms with Crippen LogP contribution in [0.1, 0.15) is 10.6 Å². The highest BCUT2D eigenvalue weighted by molar-refractivity contribution is 7.09. The molecule has 5 heteroatoms. The van der Waals surface area contributed by atoms with E-state index in [0.717, 1.165) is 40.6 Å². The lowest BCUT2D eigenvalue weighted by molar-refractivity contribution is -0.117. The number of fused-ring (bicyclic) bond motifs is 1. The van der Waals surface area contributed by atoms with E-state index in [1.165, 1.54) is 5.56 Å². The first kappa shape index (κ1) is 16.8. The number of carbonyl (C=O) groups excluding carboxylic acids is 1. The second-order valence-corrected chi connectivity index (χ2v) is 7.64. The topological polar surface area (TPSA) is 36.4 Å². The summed E-state index contributed by atoms with van der Waals surface area (Å²) in [6, 6.07) is 16.3. The second-order valence-electron chi connectivity index (χ2n) is 6.58. The van der Waals surface area contributed by atoms with Crippen LogP contribution in [-0.4, -0.2) is 31.0 Å². The number of carbonyl (C=O) groups is 1. The highest BCUT2D eigenvalue weighted by Gasteiger charge is 2.25. The van der Waals surface area contributed by atoms with Crippen molar-refractivity contribution >= 4 is 28.6 Å². The second kappa shape index (κ2) is 6.92. The van der Waals surface area contributed by atoms with Crippen molar-refractivity contribution in [2.45, 2.75) is 13.3 Å². The molecule has 0 fully saturated rings. The van der Waals surface area contributed by atoms with E-state index < -0.39 is 0 Å². The summed E-state index contributed by atoms with van der Waals surface area (Å²) in [6.07, 6.45) is 0.896. The lowest BCUT2D eigenvalue weighted by atomic mass is 10.1. The van der Waals surface area contributed by atoms with Crippen molar-refractivity contribution in [1.29, 1.82) is 0 Å². The van der Waals surface area contributed by atoms with E-state index in [2.05, 4.69) is 28.6 Å². The lowest BCUT2D eigenvalue weighted by Crippen LogP contribution is -2.38. The van der Waals surface area contributed by atoms with Crippen LogP contribution < -0.4 is 9.80 Å². The van der Waals surface area contributed by atoms with Crippen LogP contribution in [0.5, 0.6) is 0 Å². The zero-order valence-electron chi connectivity index (χ0n) is 15.0. The Morgan fingerprint density at radius 2 is 2.04 bits per heavy atom. The Morgan fingerprint density at radius 3 is 2.77 bits per heavy atom. The number of benzene rings is 2. The van der Waals surface area contributed by atoms with Crippen molar-refractivity contribution in [3.05, 3.63) is 64.5 Å². The molecule has 132 valence electrons. The Hall–Kier alpha value is -2.66. The molecule has 2 heterocycles. The average molecular weight is 363 g/mol. The Balaban J connectivity index is 1.51. The molecular formula is C21H21N3OS. The van der Waals surface area contributed by atoms with Crippen LogP contribution in [-0.2, 0) is 11.2 Å². The van der Waals surface area contributed by atoms with Gasteiger partial charge < -0.3 is 9.80 Å². The van der Waals surface area contributed by atoms with E-state index in [1.54, 1.807) is 11.3 Å². The van der Waals surface area contributed by atoms with Gasteiger partial charge in [0.1, 0.15) is 0 Å². The Labute approximate surface area is 157 Å². The fraction of sp³-hybridized carbons (Fsp3) is 0.238. The van der Waals surface area contributed by atoms with Gasteiger partial charge in [-0.3, -0.25) is 4.79 Å². The zero-order chi connectivity index (χ0) is 18.1. The number of para-hydroxylation sites is 1. The summed E-state index contributed by atoms with van der Waals surface area (Å²) in [5.74, 6) is 0.132. The molecule has 26 heavy (non-hydrogen) atoms. The van der Waals surface area contributed by atoms with E-state index in [9.17, 15) is 4.79 Å². The molecule has 0 saturated carbocycles. The Kier molecular flexibility index (Phi) is 4.47. The minimum atomic E-state index is 0.132. The smallest absolute Gasteiger partial charge is 0.246 e. The van der Waals surface area contributed by atoms with Gasteiger partial charge in [0, 0.05) is 35.9 Å². The van der Waals surface area contributed by atoms with Gasteiger partial charge in [0.15, 0.2) is 0 Å². The summed E-state index contributed by atoms with van der Waals surface area (Å²) < 4.78 is 0. The summed E-state index contributed by atoms with van der Waals surface area (Å²) in [5.41, 5.74) is 5.46. The fourth-order valence-electron chi connectivity index (χ4n) is 3.38. The number of hydrogen-bond donors (Lipinski definition) is 0. The van der Waals surface area contributed by atoms with Gasteiger partial charge in [0.2, 0.25) is 5.91 Å². The van der Waals surface area contributed by atoms with Crippen LogP contribution in [0.3, 0.4) is 0 Å².